The number of hydrogen-bond acceptors (Lipinski definition) is 4. The minimum atomic E-state index is -0.213. The van der Waals surface area contributed by atoms with E-state index in [1.54, 1.807) is 12.3 Å². The Morgan fingerprint density at radius 2 is 2.04 bits per heavy atom. The van der Waals surface area contributed by atoms with Crippen molar-refractivity contribution in [2.75, 3.05) is 26.2 Å². The Labute approximate surface area is 141 Å². The van der Waals surface area contributed by atoms with E-state index in [4.69, 9.17) is 9.15 Å². The van der Waals surface area contributed by atoms with Gasteiger partial charge in [-0.25, -0.2) is 4.79 Å². The van der Waals surface area contributed by atoms with Crippen LogP contribution in [0.15, 0.2) is 53.1 Å². The summed E-state index contributed by atoms with van der Waals surface area (Å²) in [5, 5.41) is 5.62. The molecule has 24 heavy (non-hydrogen) atoms. The molecule has 6 nitrogen and oxygen atoms in total. The summed E-state index contributed by atoms with van der Waals surface area (Å²) in [7, 11) is 0. The van der Waals surface area contributed by atoms with Gasteiger partial charge in [0.1, 0.15) is 5.76 Å². The molecular formula is C18H23N3O3. The lowest BCUT2D eigenvalue weighted by molar-refractivity contribution is -0.0287. The van der Waals surface area contributed by atoms with Gasteiger partial charge < -0.3 is 19.8 Å². The zero-order valence-electron chi connectivity index (χ0n) is 13.6. The molecule has 1 fully saturated rings. The summed E-state index contributed by atoms with van der Waals surface area (Å²) in [5.41, 5.74) is 1.29. The molecule has 0 radical (unpaired) electrons. The first-order valence-corrected chi connectivity index (χ1v) is 8.21. The smallest absolute Gasteiger partial charge is 0.315 e. The van der Waals surface area contributed by atoms with Gasteiger partial charge in [0.2, 0.25) is 0 Å². The Hall–Kier alpha value is -2.31. The van der Waals surface area contributed by atoms with Crippen molar-refractivity contribution in [3.05, 3.63) is 60.1 Å². The maximum atomic E-state index is 11.8. The number of nitrogens with one attached hydrogen (secondary N) is 2. The number of rotatable bonds is 6. The number of benzene rings is 1. The molecule has 1 aromatic heterocycles. The van der Waals surface area contributed by atoms with Crippen molar-refractivity contribution in [2.45, 2.75) is 19.2 Å². The molecule has 2 N–H and O–H groups in total. The number of carbonyl (C=O) groups is 1. The minimum Gasteiger partial charge on any atom is -0.467 e. The molecule has 0 aliphatic carbocycles. The van der Waals surface area contributed by atoms with Crippen LogP contribution in [-0.2, 0) is 17.8 Å². The van der Waals surface area contributed by atoms with E-state index in [0.717, 1.165) is 25.4 Å². The van der Waals surface area contributed by atoms with Crippen molar-refractivity contribution in [1.29, 1.82) is 0 Å². The van der Waals surface area contributed by atoms with Crippen molar-refractivity contribution >= 4 is 6.03 Å². The highest BCUT2D eigenvalue weighted by molar-refractivity contribution is 5.73. The summed E-state index contributed by atoms with van der Waals surface area (Å²) in [4.78, 5) is 14.2. The van der Waals surface area contributed by atoms with Gasteiger partial charge in [0.25, 0.3) is 0 Å². The average Bonchev–Trinajstić information content (AvgIpc) is 3.13. The van der Waals surface area contributed by atoms with Crippen molar-refractivity contribution in [2.24, 2.45) is 0 Å². The van der Waals surface area contributed by atoms with Crippen molar-refractivity contribution in [3.63, 3.8) is 0 Å². The Bertz CT molecular complexity index is 616. The maximum Gasteiger partial charge on any atom is 0.315 e. The highest BCUT2D eigenvalue weighted by Gasteiger charge is 2.21. The number of ether oxygens (including phenoxy) is 1. The van der Waals surface area contributed by atoms with E-state index in [0.29, 0.717) is 19.7 Å². The van der Waals surface area contributed by atoms with Crippen LogP contribution in [0.1, 0.15) is 11.3 Å². The van der Waals surface area contributed by atoms with E-state index >= 15 is 0 Å². The van der Waals surface area contributed by atoms with E-state index in [-0.39, 0.29) is 12.1 Å². The first kappa shape index (κ1) is 16.5. The van der Waals surface area contributed by atoms with Crippen LogP contribution in [0.5, 0.6) is 0 Å². The van der Waals surface area contributed by atoms with Crippen LogP contribution in [0.3, 0.4) is 0 Å². The molecule has 2 heterocycles. The number of morpholine rings is 1. The number of carbonyl (C=O) groups excluding carboxylic acids is 1. The monoisotopic (exact) mass is 329 g/mol. The third-order valence-electron chi connectivity index (χ3n) is 3.97. The van der Waals surface area contributed by atoms with Gasteiger partial charge >= 0.3 is 6.03 Å². The van der Waals surface area contributed by atoms with Crippen LogP contribution in [0.25, 0.3) is 0 Å². The van der Waals surface area contributed by atoms with E-state index in [9.17, 15) is 4.79 Å². The molecule has 3 rings (SSSR count). The van der Waals surface area contributed by atoms with Gasteiger partial charge in [0.15, 0.2) is 0 Å². The minimum absolute atomic E-state index is 0.0109. The Balaban J connectivity index is 1.38. The summed E-state index contributed by atoms with van der Waals surface area (Å²) in [6.07, 6.45) is 1.60. The molecule has 2 aromatic rings. The summed E-state index contributed by atoms with van der Waals surface area (Å²) in [6, 6.07) is 13.8. The number of nitrogens with zero attached hydrogens (tertiary/aromatic N) is 1. The second-order valence-electron chi connectivity index (χ2n) is 5.86. The molecular weight excluding hydrogens is 306 g/mol. The maximum absolute atomic E-state index is 11.8. The molecule has 1 saturated heterocycles. The number of amides is 2. The number of furan rings is 1. The standard InChI is InChI=1S/C18H23N3O3/c22-18(19-11-16-7-4-9-23-16)20-12-17-14-21(8-10-24-17)13-15-5-2-1-3-6-15/h1-7,9,17H,8,10-14H2,(H2,19,20,22). The molecule has 2 amide bonds. The fourth-order valence-electron chi connectivity index (χ4n) is 2.74. The van der Waals surface area contributed by atoms with Crippen LogP contribution < -0.4 is 10.6 Å². The van der Waals surface area contributed by atoms with E-state index in [1.807, 2.05) is 12.1 Å². The van der Waals surface area contributed by atoms with E-state index < -0.39 is 0 Å². The Kier molecular flexibility index (Phi) is 5.87. The molecule has 1 aliphatic rings. The van der Waals surface area contributed by atoms with Crippen LogP contribution in [0, 0.1) is 0 Å². The fraction of sp³-hybridized carbons (Fsp3) is 0.389. The topological polar surface area (TPSA) is 66.7 Å². The zero-order chi connectivity index (χ0) is 16.6. The predicted molar refractivity (Wildman–Crippen MR) is 90.4 cm³/mol. The summed E-state index contributed by atoms with van der Waals surface area (Å²) >= 11 is 0. The molecule has 1 aromatic carbocycles. The lowest BCUT2D eigenvalue weighted by Crippen LogP contribution is -2.48. The molecule has 0 saturated carbocycles. The largest absolute Gasteiger partial charge is 0.467 e. The van der Waals surface area contributed by atoms with Gasteiger partial charge in [0.05, 0.1) is 25.5 Å². The second-order valence-corrected chi connectivity index (χ2v) is 5.86. The van der Waals surface area contributed by atoms with Gasteiger partial charge in [-0.2, -0.15) is 0 Å². The first-order chi connectivity index (χ1) is 11.8. The third-order valence-corrected chi connectivity index (χ3v) is 3.97. The Morgan fingerprint density at radius 1 is 1.17 bits per heavy atom. The van der Waals surface area contributed by atoms with Crippen LogP contribution in [0.2, 0.25) is 0 Å². The molecule has 128 valence electrons. The van der Waals surface area contributed by atoms with Crippen molar-refractivity contribution in [3.8, 4) is 0 Å². The quantitative estimate of drug-likeness (QED) is 0.850. The average molecular weight is 329 g/mol. The SMILES string of the molecule is O=C(NCc1ccco1)NCC1CN(Cc2ccccc2)CCO1. The van der Waals surface area contributed by atoms with Gasteiger partial charge in [0, 0.05) is 26.2 Å². The Morgan fingerprint density at radius 3 is 2.83 bits per heavy atom. The van der Waals surface area contributed by atoms with Gasteiger partial charge in [-0.3, -0.25) is 4.90 Å². The van der Waals surface area contributed by atoms with E-state index in [2.05, 4.69) is 39.8 Å². The predicted octanol–water partition coefficient (Wildman–Crippen LogP) is 1.98. The van der Waals surface area contributed by atoms with Gasteiger partial charge in [-0.1, -0.05) is 30.3 Å². The second kappa shape index (κ2) is 8.52. The number of urea groups is 1. The van der Waals surface area contributed by atoms with Crippen LogP contribution in [-0.4, -0.2) is 43.3 Å². The summed E-state index contributed by atoms with van der Waals surface area (Å²) in [5.74, 6) is 0.730. The molecule has 0 bridgehead atoms. The van der Waals surface area contributed by atoms with Gasteiger partial charge in [-0.05, 0) is 17.7 Å². The zero-order valence-corrected chi connectivity index (χ0v) is 13.6. The third kappa shape index (κ3) is 5.11. The summed E-state index contributed by atoms with van der Waals surface area (Å²) < 4.78 is 10.9. The molecule has 1 unspecified atom stereocenters. The molecule has 0 spiro atoms. The highest BCUT2D eigenvalue weighted by Crippen LogP contribution is 2.10. The highest BCUT2D eigenvalue weighted by atomic mass is 16.5. The fourth-order valence-corrected chi connectivity index (χ4v) is 2.74. The van der Waals surface area contributed by atoms with Crippen molar-refractivity contribution in [1.82, 2.24) is 15.5 Å². The molecule has 6 heteroatoms. The molecule has 1 aliphatic heterocycles. The van der Waals surface area contributed by atoms with Crippen LogP contribution >= 0.6 is 0 Å². The number of hydrogen-bond donors (Lipinski definition) is 2. The van der Waals surface area contributed by atoms with Gasteiger partial charge in [-0.15, -0.1) is 0 Å². The van der Waals surface area contributed by atoms with Crippen LogP contribution in [0.4, 0.5) is 4.79 Å². The summed E-state index contributed by atoms with van der Waals surface area (Å²) in [6.45, 7) is 4.20. The first-order valence-electron chi connectivity index (χ1n) is 8.21. The normalized spacial score (nSPS) is 18.2. The van der Waals surface area contributed by atoms with E-state index in [1.165, 1.54) is 5.56 Å². The molecule has 1 atom stereocenters. The van der Waals surface area contributed by atoms with Crippen molar-refractivity contribution < 1.29 is 13.9 Å². The lowest BCUT2D eigenvalue weighted by Gasteiger charge is -2.33. The lowest BCUT2D eigenvalue weighted by atomic mass is 10.2.